The number of hydrogen-bond acceptors (Lipinski definition) is 6. The van der Waals surface area contributed by atoms with Gasteiger partial charge in [-0.3, -0.25) is 0 Å². The molecular weight excluding hydrogens is 360 g/mol. The third-order valence-electron chi connectivity index (χ3n) is 3.25. The minimum Gasteiger partial charge on any atom is -0.328 e. The summed E-state index contributed by atoms with van der Waals surface area (Å²) in [5.41, 5.74) is 5.96. The Bertz CT molecular complexity index is 474. The number of hydroxylamine groups is 2. The molecule has 1 aliphatic rings. The summed E-state index contributed by atoms with van der Waals surface area (Å²) >= 11 is 1.78. The summed E-state index contributed by atoms with van der Waals surface area (Å²) < 4.78 is 18.8. The number of nitrogens with two attached hydrogens (primary N) is 1. The van der Waals surface area contributed by atoms with Gasteiger partial charge in [0.1, 0.15) is 6.61 Å². The first-order valence-corrected chi connectivity index (χ1v) is 8.50. The van der Waals surface area contributed by atoms with Gasteiger partial charge in [-0.1, -0.05) is 15.9 Å². The average Bonchev–Trinajstić information content (AvgIpc) is 2.48. The first-order valence-electron chi connectivity index (χ1n) is 6.63. The van der Waals surface area contributed by atoms with Crippen molar-refractivity contribution in [1.29, 1.82) is 0 Å². The van der Waals surface area contributed by atoms with Crippen molar-refractivity contribution in [2.24, 2.45) is 5.73 Å². The lowest BCUT2D eigenvalue weighted by molar-refractivity contribution is -0.291. The first kappa shape index (κ1) is 17.0. The SMILES string of the molecule is COOCC1CC(N)CCN1OS(=O)c1ccc(Br)cc1. The number of hydrogen-bond donors (Lipinski definition) is 1. The summed E-state index contributed by atoms with van der Waals surface area (Å²) in [5.74, 6) is 0. The van der Waals surface area contributed by atoms with Crippen LogP contribution in [0.3, 0.4) is 0 Å². The van der Waals surface area contributed by atoms with Gasteiger partial charge < -0.3 is 5.73 Å². The van der Waals surface area contributed by atoms with Gasteiger partial charge in [-0.25, -0.2) is 14.0 Å². The van der Waals surface area contributed by atoms with Crippen LogP contribution >= 0.6 is 15.9 Å². The molecule has 1 aromatic carbocycles. The molecule has 21 heavy (non-hydrogen) atoms. The largest absolute Gasteiger partial charge is 0.328 e. The van der Waals surface area contributed by atoms with Crippen molar-refractivity contribution in [2.75, 3.05) is 20.3 Å². The molecule has 118 valence electrons. The van der Waals surface area contributed by atoms with E-state index in [1.54, 1.807) is 17.2 Å². The Morgan fingerprint density at radius 1 is 1.43 bits per heavy atom. The van der Waals surface area contributed by atoms with Crippen LogP contribution in [0.5, 0.6) is 0 Å². The number of halogens is 1. The van der Waals surface area contributed by atoms with E-state index in [0.717, 1.165) is 10.9 Å². The molecule has 1 aromatic rings. The van der Waals surface area contributed by atoms with Crippen LogP contribution in [0.1, 0.15) is 12.8 Å². The molecule has 0 saturated carbocycles. The molecule has 1 fully saturated rings. The van der Waals surface area contributed by atoms with Crippen LogP contribution < -0.4 is 5.73 Å². The van der Waals surface area contributed by atoms with Crippen LogP contribution in [0.15, 0.2) is 33.6 Å². The highest BCUT2D eigenvalue weighted by atomic mass is 79.9. The Morgan fingerprint density at radius 3 is 2.81 bits per heavy atom. The van der Waals surface area contributed by atoms with Crippen molar-refractivity contribution in [3.8, 4) is 0 Å². The van der Waals surface area contributed by atoms with E-state index in [1.807, 2.05) is 12.1 Å². The van der Waals surface area contributed by atoms with Gasteiger partial charge in [0.15, 0.2) is 0 Å². The van der Waals surface area contributed by atoms with E-state index in [9.17, 15) is 4.21 Å². The van der Waals surface area contributed by atoms with Gasteiger partial charge in [-0.05, 0) is 37.1 Å². The standard InChI is InChI=1S/C13H19BrN2O4S/c1-18-19-9-12-8-11(15)6-7-16(12)20-21(17)13-4-2-10(14)3-5-13/h2-5,11-12H,6-9,15H2,1H3. The molecule has 1 heterocycles. The van der Waals surface area contributed by atoms with Gasteiger partial charge in [0.2, 0.25) is 11.1 Å². The Kier molecular flexibility index (Phi) is 6.74. The van der Waals surface area contributed by atoms with Gasteiger partial charge >= 0.3 is 0 Å². The van der Waals surface area contributed by atoms with E-state index in [2.05, 4.69) is 20.8 Å². The molecule has 3 atom stereocenters. The van der Waals surface area contributed by atoms with Crippen molar-refractivity contribution < 1.29 is 18.3 Å². The fourth-order valence-corrected chi connectivity index (χ4v) is 3.21. The minimum atomic E-state index is -1.56. The number of rotatable bonds is 6. The second kappa shape index (κ2) is 8.33. The predicted octanol–water partition coefficient (Wildman–Crippen LogP) is 1.77. The number of nitrogens with zero attached hydrogens (tertiary/aromatic N) is 1. The van der Waals surface area contributed by atoms with Crippen molar-refractivity contribution in [3.05, 3.63) is 28.7 Å². The van der Waals surface area contributed by atoms with E-state index in [0.29, 0.717) is 24.5 Å². The van der Waals surface area contributed by atoms with Crippen molar-refractivity contribution in [3.63, 3.8) is 0 Å². The lowest BCUT2D eigenvalue weighted by Crippen LogP contribution is -2.49. The molecule has 8 heteroatoms. The fourth-order valence-electron chi connectivity index (χ4n) is 2.13. The zero-order chi connectivity index (χ0) is 15.2. The van der Waals surface area contributed by atoms with Gasteiger partial charge in [0, 0.05) is 17.1 Å². The second-order valence-electron chi connectivity index (χ2n) is 4.79. The highest BCUT2D eigenvalue weighted by molar-refractivity contribution is 9.10. The molecule has 1 aliphatic heterocycles. The summed E-state index contributed by atoms with van der Waals surface area (Å²) in [7, 11) is 1.45. The minimum absolute atomic E-state index is 0.0758. The zero-order valence-electron chi connectivity index (χ0n) is 11.7. The maximum atomic E-state index is 12.3. The normalized spacial score (nSPS) is 24.9. The Labute approximate surface area is 135 Å². The highest BCUT2D eigenvalue weighted by Crippen LogP contribution is 2.21. The summed E-state index contributed by atoms with van der Waals surface area (Å²) in [6.07, 6.45) is 1.50. The van der Waals surface area contributed by atoms with Gasteiger partial charge in [0.05, 0.1) is 18.0 Å². The van der Waals surface area contributed by atoms with Crippen molar-refractivity contribution in [2.45, 2.75) is 29.8 Å². The molecule has 0 amide bonds. The second-order valence-corrected chi connectivity index (χ2v) is 6.80. The quantitative estimate of drug-likeness (QED) is 0.600. The van der Waals surface area contributed by atoms with Crippen molar-refractivity contribution >= 4 is 27.0 Å². The molecule has 0 aliphatic carbocycles. The van der Waals surface area contributed by atoms with Gasteiger partial charge in [-0.15, -0.1) is 0 Å². The van der Waals surface area contributed by atoms with Crippen LogP contribution in [-0.4, -0.2) is 41.6 Å². The molecule has 6 nitrogen and oxygen atoms in total. The lowest BCUT2D eigenvalue weighted by Gasteiger charge is -2.35. The number of piperidine rings is 1. The fraction of sp³-hybridized carbons (Fsp3) is 0.538. The Morgan fingerprint density at radius 2 is 2.14 bits per heavy atom. The van der Waals surface area contributed by atoms with Crippen LogP contribution in [0.25, 0.3) is 0 Å². The predicted molar refractivity (Wildman–Crippen MR) is 82.3 cm³/mol. The van der Waals surface area contributed by atoms with E-state index in [4.69, 9.17) is 14.9 Å². The van der Waals surface area contributed by atoms with E-state index in [1.165, 1.54) is 7.11 Å². The summed E-state index contributed by atoms with van der Waals surface area (Å²) in [6, 6.07) is 7.19. The molecule has 0 radical (unpaired) electrons. The maximum Gasteiger partial charge on any atom is 0.206 e. The molecule has 0 spiro atoms. The first-order chi connectivity index (χ1) is 10.1. The molecular formula is C13H19BrN2O4S. The van der Waals surface area contributed by atoms with Crippen molar-refractivity contribution in [1.82, 2.24) is 5.06 Å². The molecule has 2 rings (SSSR count). The summed E-state index contributed by atoms with van der Waals surface area (Å²) in [4.78, 5) is 10.2. The van der Waals surface area contributed by atoms with Gasteiger partial charge in [-0.2, -0.15) is 9.35 Å². The maximum absolute atomic E-state index is 12.3. The smallest absolute Gasteiger partial charge is 0.206 e. The Hall–Kier alpha value is -0.350. The third-order valence-corrected chi connectivity index (χ3v) is 4.76. The van der Waals surface area contributed by atoms with Crippen LogP contribution in [-0.2, 0) is 25.1 Å². The van der Waals surface area contributed by atoms with Gasteiger partial charge in [0.25, 0.3) is 0 Å². The third kappa shape index (κ3) is 5.10. The summed E-state index contributed by atoms with van der Waals surface area (Å²) in [6.45, 7) is 0.933. The molecule has 0 aromatic heterocycles. The van der Waals surface area contributed by atoms with E-state index >= 15 is 0 Å². The summed E-state index contributed by atoms with van der Waals surface area (Å²) in [5, 5.41) is 1.68. The van der Waals surface area contributed by atoms with Crippen LogP contribution in [0.2, 0.25) is 0 Å². The molecule has 0 bridgehead atoms. The van der Waals surface area contributed by atoms with E-state index < -0.39 is 11.1 Å². The lowest BCUT2D eigenvalue weighted by atomic mass is 10.0. The Balaban J connectivity index is 1.98. The number of benzene rings is 1. The monoisotopic (exact) mass is 378 g/mol. The molecule has 1 saturated heterocycles. The molecule has 3 unspecified atom stereocenters. The zero-order valence-corrected chi connectivity index (χ0v) is 14.1. The average molecular weight is 379 g/mol. The highest BCUT2D eigenvalue weighted by Gasteiger charge is 2.30. The van der Waals surface area contributed by atoms with E-state index in [-0.39, 0.29) is 12.1 Å². The molecule has 2 N–H and O–H groups in total. The van der Waals surface area contributed by atoms with Crippen LogP contribution in [0.4, 0.5) is 0 Å². The van der Waals surface area contributed by atoms with Crippen LogP contribution in [0, 0.1) is 0 Å². The topological polar surface area (TPSA) is 74.0 Å².